The van der Waals surface area contributed by atoms with Crippen LogP contribution in [0.1, 0.15) is 316 Å². The summed E-state index contributed by atoms with van der Waals surface area (Å²) in [5.41, 5.74) is 0. The van der Waals surface area contributed by atoms with Crippen molar-refractivity contribution in [1.29, 1.82) is 0 Å². The van der Waals surface area contributed by atoms with Gasteiger partial charge < -0.3 is 14.2 Å². The lowest BCUT2D eigenvalue weighted by Gasteiger charge is -2.18. The van der Waals surface area contributed by atoms with Gasteiger partial charge in [0.15, 0.2) is 6.10 Å². The summed E-state index contributed by atoms with van der Waals surface area (Å²) in [5.74, 6) is -0.886. The third-order valence-electron chi connectivity index (χ3n) is 13.7. The Morgan fingerprint density at radius 2 is 0.534 bits per heavy atom. The molecule has 0 aromatic carbocycles. The third kappa shape index (κ3) is 59.6. The third-order valence-corrected chi connectivity index (χ3v) is 13.7. The molecule has 0 aliphatic heterocycles. The Morgan fingerprint density at radius 3 is 0.849 bits per heavy atom. The van der Waals surface area contributed by atoms with E-state index in [9.17, 15) is 14.4 Å². The highest BCUT2D eigenvalue weighted by atomic mass is 16.6. The zero-order valence-corrected chi connectivity index (χ0v) is 48.4. The molecule has 0 rings (SSSR count). The molecule has 0 saturated heterocycles. The molecule has 73 heavy (non-hydrogen) atoms. The average Bonchev–Trinajstić information content (AvgIpc) is 3.39. The lowest BCUT2D eigenvalue weighted by molar-refractivity contribution is -0.167. The highest BCUT2D eigenvalue weighted by Gasteiger charge is 2.19. The Labute approximate surface area is 453 Å². The van der Waals surface area contributed by atoms with Gasteiger partial charge in [-0.25, -0.2) is 0 Å². The largest absolute Gasteiger partial charge is 0.462 e. The van der Waals surface area contributed by atoms with Gasteiger partial charge in [0.25, 0.3) is 0 Å². The van der Waals surface area contributed by atoms with Crippen molar-refractivity contribution < 1.29 is 28.6 Å². The first-order chi connectivity index (χ1) is 36.0. The maximum Gasteiger partial charge on any atom is 0.306 e. The van der Waals surface area contributed by atoms with E-state index in [4.69, 9.17) is 14.2 Å². The van der Waals surface area contributed by atoms with Crippen LogP contribution in [0.15, 0.2) is 72.9 Å². The van der Waals surface area contributed by atoms with Gasteiger partial charge in [-0.15, -0.1) is 0 Å². The number of hydrogen-bond donors (Lipinski definition) is 0. The molecular weight excluding hydrogens is 901 g/mol. The number of carbonyl (C=O) groups is 3. The van der Waals surface area contributed by atoms with Crippen LogP contribution in [0.3, 0.4) is 0 Å². The Hall–Kier alpha value is -3.15. The molecule has 1 unspecified atom stereocenters. The first-order valence-corrected chi connectivity index (χ1v) is 31.4. The van der Waals surface area contributed by atoms with Crippen molar-refractivity contribution in [3.05, 3.63) is 72.9 Å². The Morgan fingerprint density at radius 1 is 0.288 bits per heavy atom. The van der Waals surface area contributed by atoms with Crippen LogP contribution in [-0.2, 0) is 28.6 Å². The van der Waals surface area contributed by atoms with Gasteiger partial charge in [-0.3, -0.25) is 14.4 Å². The number of hydrogen-bond acceptors (Lipinski definition) is 6. The maximum absolute atomic E-state index is 12.9. The van der Waals surface area contributed by atoms with Gasteiger partial charge in [0.1, 0.15) is 13.2 Å². The molecule has 422 valence electrons. The standard InChI is InChI=1S/C67H118O6/c1-4-7-10-13-16-19-22-25-28-30-31-32-33-34-35-36-37-38-40-42-45-48-51-54-57-60-66(69)72-63-64(62-71-65(68)59-56-53-50-47-44-41-27-24-21-18-15-12-9-6-3)73-67(70)61-58-55-52-49-46-43-39-29-26-23-20-17-14-11-8-5-2/h7,10,16,19,24-25,27-29,31-32,39,64H,4-6,8-9,11-15,17-18,20-23,26,30,33-38,40-63H2,1-3H3/b10-7-,19-16-,27-24-,28-25-,32-31-,39-29-. The molecular formula is C67H118O6. The first kappa shape index (κ1) is 69.8. The summed E-state index contributed by atoms with van der Waals surface area (Å²) in [7, 11) is 0. The second-order valence-electron chi connectivity index (χ2n) is 20.9. The Balaban J connectivity index is 4.31. The van der Waals surface area contributed by atoms with Gasteiger partial charge in [-0.1, -0.05) is 261 Å². The van der Waals surface area contributed by atoms with Crippen LogP contribution >= 0.6 is 0 Å². The van der Waals surface area contributed by atoms with E-state index in [2.05, 4.69) is 93.7 Å². The minimum Gasteiger partial charge on any atom is -0.462 e. The molecule has 0 N–H and O–H groups in total. The summed E-state index contributed by atoms with van der Waals surface area (Å²) in [4.78, 5) is 38.3. The Bertz CT molecular complexity index is 1360. The molecule has 0 aliphatic carbocycles. The van der Waals surface area contributed by atoms with E-state index in [0.29, 0.717) is 19.3 Å². The summed E-state index contributed by atoms with van der Waals surface area (Å²) in [6.45, 7) is 6.53. The monoisotopic (exact) mass is 1020 g/mol. The normalized spacial score (nSPS) is 12.5. The predicted octanol–water partition coefficient (Wildman–Crippen LogP) is 21.3. The van der Waals surface area contributed by atoms with Crippen molar-refractivity contribution in [3.8, 4) is 0 Å². The smallest absolute Gasteiger partial charge is 0.306 e. The SMILES string of the molecule is CC/C=C\C/C=C\C/C=C\C/C=C\CCCCCCCCCCCCCCC(=O)OCC(COC(=O)CCCCCCC/C=C\CCCCCCC)OC(=O)CCCCCCC/C=C\CCCCCCCCC. The van der Waals surface area contributed by atoms with Crippen LogP contribution in [0.5, 0.6) is 0 Å². The summed E-state index contributed by atoms with van der Waals surface area (Å²) in [6.07, 6.45) is 79.0. The molecule has 0 spiro atoms. The quantitative estimate of drug-likeness (QED) is 0.0261. The van der Waals surface area contributed by atoms with Crippen LogP contribution in [0.25, 0.3) is 0 Å². The molecule has 0 radical (unpaired) electrons. The van der Waals surface area contributed by atoms with Crippen molar-refractivity contribution in [2.24, 2.45) is 0 Å². The van der Waals surface area contributed by atoms with E-state index in [1.807, 2.05) is 0 Å². The van der Waals surface area contributed by atoms with Gasteiger partial charge in [0.2, 0.25) is 0 Å². The minimum absolute atomic E-state index is 0.0804. The molecule has 0 bridgehead atoms. The minimum atomic E-state index is -0.784. The summed E-state index contributed by atoms with van der Waals surface area (Å²) in [5, 5.41) is 0. The van der Waals surface area contributed by atoms with E-state index >= 15 is 0 Å². The van der Waals surface area contributed by atoms with E-state index in [1.54, 1.807) is 0 Å². The van der Waals surface area contributed by atoms with E-state index < -0.39 is 6.10 Å². The van der Waals surface area contributed by atoms with Gasteiger partial charge in [-0.05, 0) is 109 Å². The zero-order valence-electron chi connectivity index (χ0n) is 48.4. The number of carbonyl (C=O) groups excluding carboxylic acids is 3. The van der Waals surface area contributed by atoms with Crippen LogP contribution in [0.2, 0.25) is 0 Å². The van der Waals surface area contributed by atoms with Crippen molar-refractivity contribution in [2.45, 2.75) is 322 Å². The van der Waals surface area contributed by atoms with Gasteiger partial charge in [0.05, 0.1) is 0 Å². The molecule has 0 aliphatic rings. The first-order valence-electron chi connectivity index (χ1n) is 31.4. The maximum atomic E-state index is 12.9. The topological polar surface area (TPSA) is 78.9 Å². The lowest BCUT2D eigenvalue weighted by atomic mass is 10.0. The number of esters is 3. The van der Waals surface area contributed by atoms with Gasteiger partial charge in [0, 0.05) is 19.3 Å². The molecule has 0 heterocycles. The van der Waals surface area contributed by atoms with Crippen LogP contribution < -0.4 is 0 Å². The lowest BCUT2D eigenvalue weighted by Crippen LogP contribution is -2.30. The Kier molecular flexibility index (Phi) is 58.7. The number of allylic oxidation sites excluding steroid dienone is 12. The zero-order chi connectivity index (χ0) is 52.9. The second kappa shape index (κ2) is 61.4. The molecule has 0 aromatic rings. The summed E-state index contributed by atoms with van der Waals surface area (Å²) < 4.78 is 16.9. The van der Waals surface area contributed by atoms with Gasteiger partial charge >= 0.3 is 17.9 Å². The summed E-state index contributed by atoms with van der Waals surface area (Å²) in [6, 6.07) is 0. The van der Waals surface area contributed by atoms with E-state index in [-0.39, 0.29) is 31.1 Å². The average molecular weight is 1020 g/mol. The molecule has 0 aromatic heterocycles. The predicted molar refractivity (Wildman–Crippen MR) is 316 cm³/mol. The molecule has 0 saturated carbocycles. The highest BCUT2D eigenvalue weighted by molar-refractivity contribution is 5.71. The summed E-state index contributed by atoms with van der Waals surface area (Å²) >= 11 is 0. The van der Waals surface area contributed by atoms with E-state index in [1.165, 1.54) is 173 Å². The number of unbranched alkanes of at least 4 members (excludes halogenated alkanes) is 34. The number of ether oxygens (including phenoxy) is 3. The van der Waals surface area contributed by atoms with Crippen molar-refractivity contribution in [3.63, 3.8) is 0 Å². The fourth-order valence-corrected chi connectivity index (χ4v) is 8.95. The van der Waals surface area contributed by atoms with Crippen molar-refractivity contribution in [2.75, 3.05) is 13.2 Å². The fraction of sp³-hybridized carbons (Fsp3) is 0.776. The van der Waals surface area contributed by atoms with Crippen LogP contribution in [-0.4, -0.2) is 37.2 Å². The highest BCUT2D eigenvalue weighted by Crippen LogP contribution is 2.16. The van der Waals surface area contributed by atoms with Gasteiger partial charge in [-0.2, -0.15) is 0 Å². The second-order valence-corrected chi connectivity index (χ2v) is 20.9. The number of rotatable bonds is 57. The molecule has 0 fully saturated rings. The van der Waals surface area contributed by atoms with Crippen molar-refractivity contribution in [1.82, 2.24) is 0 Å². The molecule has 6 nitrogen and oxygen atoms in total. The molecule has 1 atom stereocenters. The van der Waals surface area contributed by atoms with E-state index in [0.717, 1.165) is 103 Å². The van der Waals surface area contributed by atoms with Crippen LogP contribution in [0.4, 0.5) is 0 Å². The van der Waals surface area contributed by atoms with Crippen molar-refractivity contribution >= 4 is 17.9 Å². The van der Waals surface area contributed by atoms with Crippen LogP contribution in [0, 0.1) is 0 Å². The molecule has 6 heteroatoms. The fourth-order valence-electron chi connectivity index (χ4n) is 8.95. The molecule has 0 amide bonds.